The van der Waals surface area contributed by atoms with Gasteiger partial charge in [0, 0.05) is 18.9 Å². The highest BCUT2D eigenvalue weighted by Gasteiger charge is 2.14. The van der Waals surface area contributed by atoms with Crippen LogP contribution < -0.4 is 10.6 Å². The predicted octanol–water partition coefficient (Wildman–Crippen LogP) is 1.92. The van der Waals surface area contributed by atoms with Crippen molar-refractivity contribution in [1.29, 1.82) is 0 Å². The van der Waals surface area contributed by atoms with E-state index in [1.165, 1.54) is 11.3 Å². The molecule has 1 amide bonds. The number of amides is 1. The molecule has 1 unspecified atom stereocenters. The molecule has 0 fully saturated rings. The molecule has 0 radical (unpaired) electrons. The first kappa shape index (κ1) is 15.0. The second-order valence-corrected chi connectivity index (χ2v) is 5.86. The molecular formula is C12H22N4OS. The molecule has 0 aliphatic heterocycles. The molecule has 0 bridgehead atoms. The highest BCUT2D eigenvalue weighted by atomic mass is 32.1. The normalized spacial score (nSPS) is 12.7. The summed E-state index contributed by atoms with van der Waals surface area (Å²) in [4.78, 5) is 11.8. The minimum atomic E-state index is -0.0672. The summed E-state index contributed by atoms with van der Waals surface area (Å²) in [6, 6.07) is 0. The number of hydrogen-bond donors (Lipinski definition) is 2. The lowest BCUT2D eigenvalue weighted by Gasteiger charge is -2.10. The van der Waals surface area contributed by atoms with Gasteiger partial charge in [-0.3, -0.25) is 4.79 Å². The topological polar surface area (TPSA) is 66.9 Å². The third-order valence-corrected chi connectivity index (χ3v) is 3.29. The zero-order valence-electron chi connectivity index (χ0n) is 11.5. The van der Waals surface area contributed by atoms with E-state index in [0.29, 0.717) is 17.6 Å². The summed E-state index contributed by atoms with van der Waals surface area (Å²) in [5, 5.41) is 15.6. The second-order valence-electron chi connectivity index (χ2n) is 4.80. The minimum Gasteiger partial charge on any atom is -0.316 e. The van der Waals surface area contributed by atoms with Gasteiger partial charge in [0.25, 0.3) is 0 Å². The van der Waals surface area contributed by atoms with Crippen LogP contribution in [0.5, 0.6) is 0 Å². The molecule has 1 heterocycles. The Hall–Kier alpha value is -1.01. The number of nitrogens with zero attached hydrogens (tertiary/aromatic N) is 2. The van der Waals surface area contributed by atoms with E-state index in [2.05, 4.69) is 34.7 Å². The minimum absolute atomic E-state index is 0.0109. The van der Waals surface area contributed by atoms with E-state index >= 15 is 0 Å². The molecule has 0 saturated carbocycles. The van der Waals surface area contributed by atoms with Crippen LogP contribution in [0.1, 0.15) is 32.7 Å². The number of hydrogen-bond acceptors (Lipinski definition) is 5. The predicted molar refractivity (Wildman–Crippen MR) is 74.8 cm³/mol. The first-order chi connectivity index (χ1) is 8.52. The van der Waals surface area contributed by atoms with Gasteiger partial charge in [-0.1, -0.05) is 39.0 Å². The fraction of sp³-hybridized carbons (Fsp3) is 0.750. The van der Waals surface area contributed by atoms with Crippen molar-refractivity contribution in [1.82, 2.24) is 15.5 Å². The summed E-state index contributed by atoms with van der Waals surface area (Å²) < 4.78 is 0. The van der Waals surface area contributed by atoms with Gasteiger partial charge in [-0.05, 0) is 12.5 Å². The SMILES string of the molecule is CCNCC(C)C(=O)Nc1nnc(CC(C)C)s1. The third-order valence-electron chi connectivity index (χ3n) is 2.43. The fourth-order valence-corrected chi connectivity index (χ4v) is 2.37. The van der Waals surface area contributed by atoms with Crippen LogP contribution >= 0.6 is 11.3 Å². The number of anilines is 1. The van der Waals surface area contributed by atoms with Gasteiger partial charge in [0.1, 0.15) is 5.01 Å². The van der Waals surface area contributed by atoms with Crippen LogP contribution in [0.4, 0.5) is 5.13 Å². The molecule has 0 aliphatic rings. The van der Waals surface area contributed by atoms with Crippen molar-refractivity contribution in [3.8, 4) is 0 Å². The molecule has 0 spiro atoms. The average Bonchev–Trinajstić information content (AvgIpc) is 2.72. The van der Waals surface area contributed by atoms with E-state index in [-0.39, 0.29) is 11.8 Å². The average molecular weight is 270 g/mol. The Morgan fingerprint density at radius 3 is 2.67 bits per heavy atom. The lowest BCUT2D eigenvalue weighted by Crippen LogP contribution is -2.30. The Balaban J connectivity index is 2.46. The fourth-order valence-electron chi connectivity index (χ4n) is 1.42. The number of carbonyl (C=O) groups excluding carboxylic acids is 1. The van der Waals surface area contributed by atoms with Gasteiger partial charge in [0.05, 0.1) is 0 Å². The summed E-state index contributed by atoms with van der Waals surface area (Å²) in [5.74, 6) is 0.472. The van der Waals surface area contributed by atoms with Crippen LogP contribution in [0.15, 0.2) is 0 Å². The van der Waals surface area contributed by atoms with Gasteiger partial charge in [-0.15, -0.1) is 10.2 Å². The first-order valence-electron chi connectivity index (χ1n) is 6.36. The smallest absolute Gasteiger partial charge is 0.230 e. The van der Waals surface area contributed by atoms with Crippen LogP contribution in [0, 0.1) is 11.8 Å². The van der Waals surface area contributed by atoms with Crippen molar-refractivity contribution in [2.75, 3.05) is 18.4 Å². The van der Waals surface area contributed by atoms with E-state index in [0.717, 1.165) is 18.0 Å². The summed E-state index contributed by atoms with van der Waals surface area (Å²) in [6.07, 6.45) is 0.903. The Bertz CT molecular complexity index is 378. The van der Waals surface area contributed by atoms with E-state index in [4.69, 9.17) is 0 Å². The molecule has 0 saturated heterocycles. The van der Waals surface area contributed by atoms with Crippen LogP contribution in [0.3, 0.4) is 0 Å². The van der Waals surface area contributed by atoms with Crippen LogP contribution in [0.2, 0.25) is 0 Å². The Morgan fingerprint density at radius 1 is 1.33 bits per heavy atom. The number of aromatic nitrogens is 2. The number of rotatable bonds is 7. The van der Waals surface area contributed by atoms with Crippen LogP contribution in [-0.2, 0) is 11.2 Å². The summed E-state index contributed by atoms with van der Waals surface area (Å²) in [6.45, 7) is 9.74. The van der Waals surface area contributed by atoms with Crippen LogP contribution in [0.25, 0.3) is 0 Å². The van der Waals surface area contributed by atoms with E-state index < -0.39 is 0 Å². The zero-order valence-corrected chi connectivity index (χ0v) is 12.3. The molecule has 0 aromatic carbocycles. The van der Waals surface area contributed by atoms with Crippen molar-refractivity contribution in [2.45, 2.75) is 34.1 Å². The lowest BCUT2D eigenvalue weighted by atomic mass is 10.1. The summed E-state index contributed by atoms with van der Waals surface area (Å²) in [7, 11) is 0. The quantitative estimate of drug-likeness (QED) is 0.794. The maximum atomic E-state index is 11.8. The van der Waals surface area contributed by atoms with Crippen molar-refractivity contribution >= 4 is 22.4 Å². The maximum Gasteiger partial charge on any atom is 0.230 e. The number of nitrogens with one attached hydrogen (secondary N) is 2. The highest BCUT2D eigenvalue weighted by molar-refractivity contribution is 7.15. The second kappa shape index (κ2) is 7.43. The molecule has 1 aromatic heterocycles. The molecule has 1 aromatic rings. The van der Waals surface area contributed by atoms with Crippen molar-refractivity contribution in [3.63, 3.8) is 0 Å². The van der Waals surface area contributed by atoms with Gasteiger partial charge in [-0.2, -0.15) is 0 Å². The molecule has 0 aliphatic carbocycles. The van der Waals surface area contributed by atoms with E-state index in [1.807, 2.05) is 13.8 Å². The Kier molecular flexibility index (Phi) is 6.21. The molecule has 102 valence electrons. The molecular weight excluding hydrogens is 248 g/mol. The summed E-state index contributed by atoms with van der Waals surface area (Å²) >= 11 is 1.46. The largest absolute Gasteiger partial charge is 0.316 e. The van der Waals surface area contributed by atoms with Gasteiger partial charge in [0.2, 0.25) is 11.0 Å². The van der Waals surface area contributed by atoms with E-state index in [9.17, 15) is 4.79 Å². The Morgan fingerprint density at radius 2 is 2.06 bits per heavy atom. The Labute approximate surface area is 112 Å². The zero-order chi connectivity index (χ0) is 13.5. The first-order valence-corrected chi connectivity index (χ1v) is 7.18. The molecule has 1 atom stereocenters. The standard InChI is InChI=1S/C12H22N4OS/c1-5-13-7-9(4)11(17)14-12-16-15-10(18-12)6-8(2)3/h8-9,13H,5-7H2,1-4H3,(H,14,16,17). The molecule has 18 heavy (non-hydrogen) atoms. The van der Waals surface area contributed by atoms with Crippen molar-refractivity contribution < 1.29 is 4.79 Å². The highest BCUT2D eigenvalue weighted by Crippen LogP contribution is 2.18. The molecule has 6 heteroatoms. The lowest BCUT2D eigenvalue weighted by molar-refractivity contribution is -0.119. The molecule has 2 N–H and O–H groups in total. The maximum absolute atomic E-state index is 11.8. The van der Waals surface area contributed by atoms with Gasteiger partial charge in [0.15, 0.2) is 0 Å². The van der Waals surface area contributed by atoms with Crippen molar-refractivity contribution in [2.24, 2.45) is 11.8 Å². The van der Waals surface area contributed by atoms with Gasteiger partial charge >= 0.3 is 0 Å². The van der Waals surface area contributed by atoms with Crippen LogP contribution in [-0.4, -0.2) is 29.2 Å². The van der Waals surface area contributed by atoms with Gasteiger partial charge < -0.3 is 10.6 Å². The summed E-state index contributed by atoms with van der Waals surface area (Å²) in [5.41, 5.74) is 0. The molecule has 1 rings (SSSR count). The monoisotopic (exact) mass is 270 g/mol. The van der Waals surface area contributed by atoms with E-state index in [1.54, 1.807) is 0 Å². The molecule has 5 nitrogen and oxygen atoms in total. The third kappa shape index (κ3) is 5.10. The van der Waals surface area contributed by atoms with Gasteiger partial charge in [-0.25, -0.2) is 0 Å². The van der Waals surface area contributed by atoms with Crippen molar-refractivity contribution in [3.05, 3.63) is 5.01 Å². The number of carbonyl (C=O) groups is 1.